The van der Waals surface area contributed by atoms with Crippen LogP contribution in [0.4, 0.5) is 0 Å². The lowest BCUT2D eigenvalue weighted by Crippen LogP contribution is -2.46. The van der Waals surface area contributed by atoms with Crippen LogP contribution < -0.4 is 10.6 Å². The Morgan fingerprint density at radius 3 is 2.86 bits per heavy atom. The highest BCUT2D eigenvalue weighted by Crippen LogP contribution is 2.26. The van der Waals surface area contributed by atoms with Crippen molar-refractivity contribution in [1.29, 1.82) is 0 Å². The molecule has 1 unspecified atom stereocenters. The number of aromatic amines is 1. The largest absolute Gasteiger partial charge is 0.356 e. The number of carbonyl (C=O) groups is 1. The second kappa shape index (κ2) is 9.29. The average molecular weight is 397 g/mol. The Morgan fingerprint density at radius 1 is 1.24 bits per heavy atom. The fraction of sp³-hybridized carbons (Fsp3) is 0.591. The van der Waals surface area contributed by atoms with E-state index in [1.165, 1.54) is 19.3 Å². The number of aromatic nitrogens is 2. The van der Waals surface area contributed by atoms with E-state index in [2.05, 4.69) is 30.5 Å². The normalized spacial score (nSPS) is 20.9. The van der Waals surface area contributed by atoms with Gasteiger partial charge < -0.3 is 20.5 Å². The molecule has 1 saturated carbocycles. The summed E-state index contributed by atoms with van der Waals surface area (Å²) in [4.78, 5) is 27.1. The lowest BCUT2D eigenvalue weighted by atomic mass is 9.88. The van der Waals surface area contributed by atoms with E-state index in [0.717, 1.165) is 68.1 Å². The Bertz CT molecular complexity index is 821. The van der Waals surface area contributed by atoms with Crippen molar-refractivity contribution in [2.24, 2.45) is 10.9 Å². The zero-order chi connectivity index (χ0) is 20.1. The van der Waals surface area contributed by atoms with E-state index in [1.807, 2.05) is 24.3 Å². The Kier molecular flexibility index (Phi) is 6.32. The predicted octanol–water partition coefficient (Wildman–Crippen LogP) is 2.45. The molecule has 3 N–H and O–H groups in total. The SMILES string of the molecule is CN=C(NCCc1nc2ccccc2[nH]1)NC1CCN(C(=O)C2CCCCC2)C1. The maximum Gasteiger partial charge on any atom is 0.225 e. The first-order chi connectivity index (χ1) is 14.2. The molecule has 2 fully saturated rings. The summed E-state index contributed by atoms with van der Waals surface area (Å²) in [6.07, 6.45) is 7.59. The van der Waals surface area contributed by atoms with E-state index in [0.29, 0.717) is 5.91 Å². The zero-order valence-corrected chi connectivity index (χ0v) is 17.3. The summed E-state index contributed by atoms with van der Waals surface area (Å²) in [7, 11) is 1.79. The first-order valence-electron chi connectivity index (χ1n) is 10.9. The summed E-state index contributed by atoms with van der Waals surface area (Å²) in [5.41, 5.74) is 2.07. The van der Waals surface area contributed by atoms with Crippen LogP contribution in [0.2, 0.25) is 0 Å². The van der Waals surface area contributed by atoms with E-state index in [4.69, 9.17) is 0 Å². The fourth-order valence-corrected chi connectivity index (χ4v) is 4.50. The van der Waals surface area contributed by atoms with Gasteiger partial charge in [0.15, 0.2) is 5.96 Å². The molecule has 0 bridgehead atoms. The summed E-state index contributed by atoms with van der Waals surface area (Å²) in [6.45, 7) is 2.37. The number of carbonyl (C=O) groups excluding carboxylic acids is 1. The van der Waals surface area contributed by atoms with Gasteiger partial charge in [0.05, 0.1) is 11.0 Å². The lowest BCUT2D eigenvalue weighted by molar-refractivity contribution is -0.135. The molecule has 2 heterocycles. The third-order valence-electron chi connectivity index (χ3n) is 6.11. The van der Waals surface area contributed by atoms with E-state index in [9.17, 15) is 4.79 Å². The van der Waals surface area contributed by atoms with Crippen LogP contribution in [0.5, 0.6) is 0 Å². The number of fused-ring (bicyclic) bond motifs is 1. The number of benzene rings is 1. The van der Waals surface area contributed by atoms with Crippen LogP contribution in [-0.2, 0) is 11.2 Å². The molecule has 1 aromatic carbocycles. The summed E-state index contributed by atoms with van der Waals surface area (Å²) in [5.74, 6) is 2.38. The molecule has 2 aromatic rings. The number of hydrogen-bond acceptors (Lipinski definition) is 3. The van der Waals surface area contributed by atoms with Gasteiger partial charge in [-0.25, -0.2) is 4.98 Å². The second-order valence-electron chi connectivity index (χ2n) is 8.20. The number of guanidine groups is 1. The fourth-order valence-electron chi connectivity index (χ4n) is 4.50. The van der Waals surface area contributed by atoms with Crippen LogP contribution in [0, 0.1) is 5.92 Å². The molecule has 7 nitrogen and oxygen atoms in total. The quantitative estimate of drug-likeness (QED) is 0.535. The molecule has 1 aliphatic carbocycles. The van der Waals surface area contributed by atoms with Gasteiger partial charge in [0.2, 0.25) is 5.91 Å². The molecule has 7 heteroatoms. The van der Waals surface area contributed by atoms with Crippen molar-refractivity contribution in [2.75, 3.05) is 26.7 Å². The summed E-state index contributed by atoms with van der Waals surface area (Å²) in [6, 6.07) is 8.34. The molecule has 29 heavy (non-hydrogen) atoms. The molecule has 1 atom stereocenters. The molecule has 4 rings (SSSR count). The van der Waals surface area contributed by atoms with Gasteiger partial charge in [0.25, 0.3) is 0 Å². The predicted molar refractivity (Wildman–Crippen MR) is 116 cm³/mol. The van der Waals surface area contributed by atoms with Crippen molar-refractivity contribution in [2.45, 2.75) is 51.0 Å². The van der Waals surface area contributed by atoms with Crippen LogP contribution in [-0.4, -0.2) is 59.5 Å². The van der Waals surface area contributed by atoms with Gasteiger partial charge in [-0.05, 0) is 31.4 Å². The zero-order valence-electron chi connectivity index (χ0n) is 17.3. The van der Waals surface area contributed by atoms with Crippen LogP contribution in [0.3, 0.4) is 0 Å². The number of imidazole rings is 1. The van der Waals surface area contributed by atoms with Crippen molar-refractivity contribution < 1.29 is 4.79 Å². The topological polar surface area (TPSA) is 85.4 Å². The highest BCUT2D eigenvalue weighted by Gasteiger charge is 2.31. The van der Waals surface area contributed by atoms with Gasteiger partial charge in [0.1, 0.15) is 5.82 Å². The molecule has 1 aromatic heterocycles. The van der Waals surface area contributed by atoms with Crippen molar-refractivity contribution in [3.63, 3.8) is 0 Å². The highest BCUT2D eigenvalue weighted by molar-refractivity contribution is 5.81. The van der Waals surface area contributed by atoms with Gasteiger partial charge >= 0.3 is 0 Å². The van der Waals surface area contributed by atoms with Gasteiger partial charge in [-0.1, -0.05) is 31.4 Å². The Balaban J connectivity index is 1.22. The number of aliphatic imine (C=N–C) groups is 1. The molecule has 156 valence electrons. The first-order valence-corrected chi connectivity index (χ1v) is 10.9. The number of H-pyrrole nitrogens is 1. The number of likely N-dealkylation sites (tertiary alicyclic amines) is 1. The Morgan fingerprint density at radius 2 is 2.07 bits per heavy atom. The third kappa shape index (κ3) is 4.89. The van der Waals surface area contributed by atoms with E-state index < -0.39 is 0 Å². The minimum atomic E-state index is 0.253. The van der Waals surface area contributed by atoms with Crippen molar-refractivity contribution >= 4 is 22.9 Å². The molecule has 2 aliphatic rings. The van der Waals surface area contributed by atoms with Gasteiger partial charge in [-0.15, -0.1) is 0 Å². The van der Waals surface area contributed by atoms with Crippen LogP contribution in [0.1, 0.15) is 44.3 Å². The van der Waals surface area contributed by atoms with Crippen molar-refractivity contribution in [3.05, 3.63) is 30.1 Å². The summed E-state index contributed by atoms with van der Waals surface area (Å²) < 4.78 is 0. The summed E-state index contributed by atoms with van der Waals surface area (Å²) in [5, 5.41) is 6.85. The number of nitrogens with zero attached hydrogens (tertiary/aromatic N) is 3. The van der Waals surface area contributed by atoms with Gasteiger partial charge in [-0.3, -0.25) is 9.79 Å². The van der Waals surface area contributed by atoms with Crippen LogP contribution in [0.15, 0.2) is 29.3 Å². The number of para-hydroxylation sites is 2. The summed E-state index contributed by atoms with van der Waals surface area (Å²) >= 11 is 0. The monoisotopic (exact) mass is 396 g/mol. The van der Waals surface area contributed by atoms with Crippen LogP contribution >= 0.6 is 0 Å². The molecular weight excluding hydrogens is 364 g/mol. The van der Waals surface area contributed by atoms with Crippen LogP contribution in [0.25, 0.3) is 11.0 Å². The maximum absolute atomic E-state index is 12.7. The van der Waals surface area contributed by atoms with Crippen molar-refractivity contribution in [3.8, 4) is 0 Å². The van der Waals surface area contributed by atoms with E-state index in [-0.39, 0.29) is 12.0 Å². The highest BCUT2D eigenvalue weighted by atomic mass is 16.2. The number of hydrogen-bond donors (Lipinski definition) is 3. The molecule has 1 amide bonds. The number of amides is 1. The van der Waals surface area contributed by atoms with E-state index in [1.54, 1.807) is 7.05 Å². The molecular formula is C22H32N6O. The van der Waals surface area contributed by atoms with E-state index >= 15 is 0 Å². The maximum atomic E-state index is 12.7. The third-order valence-corrected chi connectivity index (χ3v) is 6.11. The minimum Gasteiger partial charge on any atom is -0.356 e. The lowest BCUT2D eigenvalue weighted by Gasteiger charge is -2.26. The van der Waals surface area contributed by atoms with Gasteiger partial charge in [0, 0.05) is 45.1 Å². The van der Waals surface area contributed by atoms with Crippen molar-refractivity contribution in [1.82, 2.24) is 25.5 Å². The smallest absolute Gasteiger partial charge is 0.225 e. The number of nitrogens with one attached hydrogen (secondary N) is 3. The standard InChI is InChI=1S/C22H32N6O/c1-23-22(24-13-11-20-26-18-9-5-6-10-19(18)27-20)25-17-12-14-28(15-17)21(29)16-7-3-2-4-8-16/h5-6,9-10,16-17H,2-4,7-8,11-15H2,1H3,(H,26,27)(H2,23,24,25). The minimum absolute atomic E-state index is 0.253. The molecule has 1 aliphatic heterocycles. The molecule has 0 radical (unpaired) electrons. The Labute approximate surface area is 172 Å². The molecule has 1 saturated heterocycles. The average Bonchev–Trinajstić information content (AvgIpc) is 3.39. The number of rotatable bonds is 5. The Hall–Kier alpha value is -2.57. The first kappa shape index (κ1) is 19.7. The van der Waals surface area contributed by atoms with Gasteiger partial charge in [-0.2, -0.15) is 0 Å². The molecule has 0 spiro atoms. The second-order valence-corrected chi connectivity index (χ2v) is 8.20.